The molecule has 24 N–H and O–H groups in total. The van der Waals surface area contributed by atoms with Crippen LogP contribution in [0, 0.1) is 24.7 Å². The number of halogens is 10. The predicted octanol–water partition coefficient (Wildman–Crippen LogP) is -5.67. The third-order valence-electron chi connectivity index (χ3n) is 20.0. The monoisotopic (exact) mass is 1760 g/mol. The van der Waals surface area contributed by atoms with Crippen molar-refractivity contribution in [2.24, 2.45) is 32.3 Å². The van der Waals surface area contributed by atoms with E-state index in [1.807, 2.05) is 0 Å². The third-order valence-corrected chi connectivity index (χ3v) is 20.4. The normalized spacial score (nSPS) is 39.8. The molecule has 0 saturated carbocycles. The van der Waals surface area contributed by atoms with Crippen LogP contribution in [0.3, 0.4) is 0 Å². The molecular weight excluding hydrogens is 1670 g/mol. The van der Waals surface area contributed by atoms with Gasteiger partial charge in [0, 0.05) is 66.4 Å². The summed E-state index contributed by atoms with van der Waals surface area (Å²) in [5.74, 6) is -13.5. The van der Waals surface area contributed by atoms with E-state index in [2.05, 4.69) is 86.7 Å². The van der Waals surface area contributed by atoms with Gasteiger partial charge in [0.05, 0.1) is 24.6 Å². The summed E-state index contributed by atoms with van der Waals surface area (Å²) in [4.78, 5) is 61.4. The second kappa shape index (κ2) is 36.4. The molecule has 52 heteroatoms. The first-order chi connectivity index (χ1) is 56.2. The van der Waals surface area contributed by atoms with Crippen LogP contribution in [0.1, 0.15) is 13.8 Å². The maximum Gasteiger partial charge on any atom is 0.320 e. The van der Waals surface area contributed by atoms with Crippen molar-refractivity contribution in [2.45, 2.75) is 156 Å². The Kier molecular flexibility index (Phi) is 29.5. The molecule has 23 atom stereocenters. The van der Waals surface area contributed by atoms with E-state index in [9.17, 15) is 105 Å². The van der Waals surface area contributed by atoms with Gasteiger partial charge in [-0.25, -0.2) is 40.7 Å². The minimum Gasteiger partial charge on any atom is -0.393 e. The molecule has 0 aromatic rings. The molecule has 0 radical (unpaired) electrons. The lowest BCUT2D eigenvalue weighted by Crippen LogP contribution is -2.59. The minimum atomic E-state index is -3.87. The molecule has 0 bridgehead atoms. The number of terminal acetylenes is 2. The van der Waals surface area contributed by atoms with Crippen molar-refractivity contribution in [1.29, 1.82) is 0 Å². The van der Waals surface area contributed by atoms with Crippen molar-refractivity contribution in [3.05, 3.63) is 158 Å². The Morgan fingerprint density at radius 2 is 0.851 bits per heavy atom. The maximum absolute atomic E-state index is 14.6. The van der Waals surface area contributed by atoms with Crippen LogP contribution in [0.25, 0.3) is 10.4 Å². The highest BCUT2D eigenvalue weighted by Gasteiger charge is 2.72. The minimum absolute atomic E-state index is 0.0937. The van der Waals surface area contributed by atoms with E-state index in [0.29, 0.717) is 0 Å². The summed E-state index contributed by atoms with van der Waals surface area (Å²) in [6.07, 6.45) is 3.19. The van der Waals surface area contributed by atoms with Crippen molar-refractivity contribution in [3.8, 4) is 24.7 Å². The van der Waals surface area contributed by atoms with Crippen molar-refractivity contribution in [2.75, 3.05) is 58.9 Å². The molecule has 12 rings (SSSR count). The Morgan fingerprint density at radius 3 is 1.21 bits per heavy atom. The van der Waals surface area contributed by atoms with Gasteiger partial charge in [0.15, 0.2) is 66.3 Å². The number of amidine groups is 2. The summed E-state index contributed by atoms with van der Waals surface area (Å²) in [5, 5.41) is 147. The van der Waals surface area contributed by atoms with Gasteiger partial charge in [-0.05, 0) is 31.5 Å². The van der Waals surface area contributed by atoms with Crippen LogP contribution in [-0.2, 0) is 47.6 Å². The summed E-state index contributed by atoms with van der Waals surface area (Å²) < 4.78 is 156. The Bertz CT molecular complexity index is 4460. The Balaban J connectivity index is 0.000000200. The number of aliphatic hydroxyl groups excluding tert-OH is 12. The van der Waals surface area contributed by atoms with Crippen LogP contribution in [0.2, 0.25) is 0 Å². The van der Waals surface area contributed by atoms with Gasteiger partial charge in [-0.1, -0.05) is 56.4 Å². The van der Waals surface area contributed by atoms with Gasteiger partial charge in [0.2, 0.25) is 11.9 Å². The summed E-state index contributed by atoms with van der Waals surface area (Å²) >= 11 is 5.75. The molecule has 12 heterocycles. The molecule has 0 aromatic heterocycles. The zero-order chi connectivity index (χ0) is 91.5. The average molecular weight is 1760 g/mol. The number of ether oxygens (including phenoxy) is 6. The zero-order valence-electron chi connectivity index (χ0n) is 63.4. The van der Waals surface area contributed by atoms with E-state index >= 15 is 0 Å². The molecule has 6 fully saturated rings. The number of rotatable bonds is 16. The largest absolute Gasteiger partial charge is 0.393 e. The van der Waals surface area contributed by atoms with E-state index in [1.165, 1.54) is 65.4 Å². The van der Waals surface area contributed by atoms with Crippen molar-refractivity contribution >= 4 is 46.9 Å². The highest BCUT2D eigenvalue weighted by Crippen LogP contribution is 2.50. The maximum atomic E-state index is 14.6. The summed E-state index contributed by atoms with van der Waals surface area (Å²) in [6.45, 7) is 14.5. The third kappa shape index (κ3) is 17.9. The van der Waals surface area contributed by atoms with Gasteiger partial charge in [0.25, 0.3) is 47.0 Å². The Labute approximate surface area is 684 Å². The molecule has 121 heavy (non-hydrogen) atoms. The average Bonchev–Trinajstić information content (AvgIpc) is 1.55. The lowest BCUT2D eigenvalue weighted by molar-refractivity contribution is -0.210. The van der Waals surface area contributed by atoms with E-state index in [0.717, 1.165) is 51.5 Å². The number of nitrogens with two attached hydrogens (primary N) is 3. The van der Waals surface area contributed by atoms with Crippen LogP contribution < -0.4 is 38.5 Å². The number of carbonyl (C=O) groups excluding carboxylic acids is 4. The fourth-order valence-corrected chi connectivity index (χ4v) is 13.3. The number of azide groups is 1. The number of nitrogens with zero attached hydrogens (tertiary/aromatic N) is 11. The van der Waals surface area contributed by atoms with Crippen LogP contribution in [0.5, 0.6) is 0 Å². The summed E-state index contributed by atoms with van der Waals surface area (Å²) in [5.41, 5.74) is 10.7. The Hall–Kier alpha value is -10.2. The lowest BCUT2D eigenvalue weighted by Gasteiger charge is -2.37. The number of aliphatic imine (C=N–C) groups is 2. The first-order valence-corrected chi connectivity index (χ1v) is 35.1. The van der Waals surface area contributed by atoms with Crippen molar-refractivity contribution in [3.63, 3.8) is 0 Å². The van der Waals surface area contributed by atoms with Gasteiger partial charge in [-0.2, -0.15) is 8.78 Å². The molecular formula is C69H86ClF9N18O24. The molecule has 4 amide bonds. The van der Waals surface area contributed by atoms with Crippen molar-refractivity contribution < 1.29 is 159 Å². The number of carbonyl (C=O) groups is 4. The zero-order valence-corrected chi connectivity index (χ0v) is 64.1. The summed E-state index contributed by atoms with van der Waals surface area (Å²) in [7, 11) is 0. The molecule has 666 valence electrons. The van der Waals surface area contributed by atoms with Gasteiger partial charge in [-0.15, -0.1) is 24.4 Å². The van der Waals surface area contributed by atoms with E-state index < -0.39 is 219 Å². The topological polar surface area (TPSA) is 626 Å². The van der Waals surface area contributed by atoms with Gasteiger partial charge in [0.1, 0.15) is 116 Å². The first kappa shape index (κ1) is 97.9. The second-order valence-corrected chi connectivity index (χ2v) is 28.4. The Morgan fingerprint density at radius 1 is 0.496 bits per heavy atom. The lowest BCUT2D eigenvalue weighted by atomic mass is 9.87. The molecule has 0 spiro atoms. The van der Waals surface area contributed by atoms with Crippen LogP contribution in [0.15, 0.2) is 163 Å². The molecule has 0 aromatic carbocycles. The number of aliphatic hydroxyl groups is 14. The fourth-order valence-electron chi connectivity index (χ4n) is 13.0. The number of hydrogen-bond donors (Lipinski definition) is 21. The highest BCUT2D eigenvalue weighted by atomic mass is 35.5. The first-order valence-electron chi connectivity index (χ1n) is 34.6. The second-order valence-electron chi connectivity index (χ2n) is 28.2. The predicted molar refractivity (Wildman–Crippen MR) is 394 cm³/mol. The van der Waals surface area contributed by atoms with Gasteiger partial charge in [-0.3, -0.25) is 19.2 Å². The van der Waals surface area contributed by atoms with E-state index in [4.69, 9.17) is 101 Å². The highest BCUT2D eigenvalue weighted by molar-refractivity contribution is 6.18. The standard InChI is InChI=1S/C13H15ClN2O5.C12H12F2N2O4.C11H13F3N2O4.C11H14F2N2O5.C11H15FN6O3.C11H17FN4O3/c1-3-13(20)10(19)12(6-14,7-17)21-11(13)16-5-4-9(18)15-8(16)2;1-3-11(13)9(19)12(14,6-17)20-10(11)16-5-4-8(18)15-7(16)2;1-6-15-7(18)2-3-16(6)9-11(13,14)8(19)10(4-12,5-17)20-9;1-6-14-7(17)2-3-15(6)9-10(19,4-12)8(18)11(13,5-16)20-9;1-6-15-7(13)3-4-18(6)9-10(2,16-17-14)8(20)11(12,5-19)21-9;1-6-15-7(13)3-4-16(6)9-10(2,14)8(18)11(12,5-17)19-9/h1,4-5,10-11,17,19-20H,2,6-7H2,(H,15,18);1,4-5,9-10,17,19H,2,6H2,(H,15,18);2-3,8-9,17,19H,1,4-5H2,(H,15,18);2-3,8-9,16,18-19H,1,4-5H2,(H,14,17);3-4,8-9,19-20H,1,5H2,2H3,(H2,13,15);3-4,8-9,17-18H,1,5,14H2,2H3,(H2,13,15)/t10-,11-,12-,13-;9-,10+,11+,12+;8-,9-,10-;3*8-,9+,10+,11+/m101000/s1. The number of nitrogens with one attached hydrogen (secondary N) is 4. The number of hydrogen-bond acceptors (Lipinski definition) is 36. The SMILES string of the molecule is C#C[C@@]1(O)[C@H](O)[C@](CO)(CCl)O[C@H]1N1C=CC(=O)NC1=C.C#C[C@]1(F)[C@H](N2C=CC(=O)NC2=C)O[C@](F)(CO)[C@H]1O.C=C1N=C(N)C=CN1[C@@H]1O[C@](F)(CO)[C@@H](O)[C@@]1(C)N.C=C1N=C(N)C=CN1[C@@H]1O[C@](F)(CO)[C@@H](O)[C@@]1(C)N=[N+]=[N-].C=C1NC(=O)C=CN1[C@@H]1O[C@@](CO)(CF)[C@@H](O)C1(F)F.C=C1NC(=O)C=CN1[C@@H]1O[C@](F)(CO)[C@@H](O)[C@]1(O)CF. The number of amides is 4. The van der Waals surface area contributed by atoms with E-state index in [-0.39, 0.29) is 52.5 Å². The van der Waals surface area contributed by atoms with Gasteiger partial charge >= 0.3 is 5.92 Å². The van der Waals surface area contributed by atoms with E-state index in [1.54, 1.807) is 5.92 Å². The molecule has 0 aliphatic carbocycles. The molecule has 6 saturated heterocycles. The van der Waals surface area contributed by atoms with Crippen LogP contribution in [0.4, 0.5) is 39.5 Å². The quantitative estimate of drug-likeness (QED) is 0.0171. The smallest absolute Gasteiger partial charge is 0.320 e. The summed E-state index contributed by atoms with van der Waals surface area (Å²) in [6, 6.07) is 0. The number of alkyl halides is 10. The van der Waals surface area contributed by atoms with Crippen LogP contribution >= 0.6 is 11.6 Å². The van der Waals surface area contributed by atoms with Crippen LogP contribution in [-0.4, -0.2) is 338 Å². The fraction of sp³-hybridized carbons (Fsp3) is 0.507. The van der Waals surface area contributed by atoms with Crippen molar-refractivity contribution in [1.82, 2.24) is 50.7 Å². The molecule has 42 nitrogen and oxygen atoms in total. The molecule has 0 unspecified atom stereocenters. The van der Waals surface area contributed by atoms with Gasteiger partial charge < -0.3 is 168 Å². The molecule has 12 aliphatic heterocycles. The molecule has 12 aliphatic rings.